The zero-order chi connectivity index (χ0) is 17.0. The molecule has 0 bridgehead atoms. The smallest absolute Gasteiger partial charge is 0.00211 e. The van der Waals surface area contributed by atoms with Gasteiger partial charge in [0.15, 0.2) is 0 Å². The molecule has 3 aliphatic rings. The lowest BCUT2D eigenvalue weighted by molar-refractivity contribution is 0.464. The molecule has 0 heteroatoms. The van der Waals surface area contributed by atoms with Crippen LogP contribution in [0.25, 0.3) is 16.3 Å². The minimum atomic E-state index is 0.628. The monoisotopic (exact) mass is 328 g/mol. The van der Waals surface area contributed by atoms with Crippen LogP contribution in [0.3, 0.4) is 0 Å². The van der Waals surface area contributed by atoms with Crippen molar-refractivity contribution in [2.75, 3.05) is 0 Å². The number of allylic oxidation sites excluding steroid dienone is 4. The zero-order valence-electron chi connectivity index (χ0n) is 15.5. The van der Waals surface area contributed by atoms with Crippen molar-refractivity contribution in [2.45, 2.75) is 64.2 Å². The molecule has 0 N–H and O–H groups in total. The number of benzene rings is 2. The molecule has 0 amide bonds. The SMILES string of the molecule is CC(C)C1CCC2=CCc3c(C4C=CCCC4)ccc4ccc1c2c34. The van der Waals surface area contributed by atoms with Gasteiger partial charge in [-0.15, -0.1) is 0 Å². The van der Waals surface area contributed by atoms with Crippen LogP contribution in [0.5, 0.6) is 0 Å². The molecule has 5 rings (SSSR count). The van der Waals surface area contributed by atoms with E-state index >= 15 is 0 Å². The van der Waals surface area contributed by atoms with Crippen molar-refractivity contribution in [1.29, 1.82) is 0 Å². The van der Waals surface area contributed by atoms with E-state index in [1.165, 1.54) is 37.5 Å². The molecule has 0 heterocycles. The van der Waals surface area contributed by atoms with Gasteiger partial charge in [-0.05, 0) is 89.0 Å². The van der Waals surface area contributed by atoms with Crippen molar-refractivity contribution < 1.29 is 0 Å². The Hall–Kier alpha value is -1.82. The lowest BCUT2D eigenvalue weighted by Crippen LogP contribution is -2.17. The third-order valence-electron chi connectivity index (χ3n) is 6.82. The molecule has 2 aromatic rings. The van der Waals surface area contributed by atoms with E-state index in [4.69, 9.17) is 0 Å². The predicted molar refractivity (Wildman–Crippen MR) is 108 cm³/mol. The third kappa shape index (κ3) is 2.34. The summed E-state index contributed by atoms with van der Waals surface area (Å²) < 4.78 is 0. The summed E-state index contributed by atoms with van der Waals surface area (Å²) in [7, 11) is 0. The second-order valence-corrected chi connectivity index (χ2v) is 8.55. The topological polar surface area (TPSA) is 0 Å². The Morgan fingerprint density at radius 2 is 1.84 bits per heavy atom. The first-order chi connectivity index (χ1) is 12.2. The van der Waals surface area contributed by atoms with E-state index < -0.39 is 0 Å². The molecule has 0 saturated heterocycles. The molecule has 0 spiro atoms. The highest BCUT2D eigenvalue weighted by atomic mass is 14.3. The fourth-order valence-corrected chi connectivity index (χ4v) is 5.53. The van der Waals surface area contributed by atoms with Crippen LogP contribution in [-0.2, 0) is 6.42 Å². The molecule has 2 unspecified atom stereocenters. The second-order valence-electron chi connectivity index (χ2n) is 8.55. The first-order valence-corrected chi connectivity index (χ1v) is 10.2. The van der Waals surface area contributed by atoms with E-state index in [0.717, 1.165) is 18.3 Å². The van der Waals surface area contributed by atoms with E-state index in [-0.39, 0.29) is 0 Å². The Morgan fingerprint density at radius 3 is 2.60 bits per heavy atom. The Balaban J connectivity index is 1.77. The quantitative estimate of drug-likeness (QED) is 0.514. The van der Waals surface area contributed by atoms with Crippen LogP contribution in [0.15, 0.2) is 42.5 Å². The minimum Gasteiger partial charge on any atom is -0.0879 e. The average molecular weight is 328 g/mol. The summed E-state index contributed by atoms with van der Waals surface area (Å²) in [5.41, 5.74) is 8.09. The van der Waals surface area contributed by atoms with Crippen LogP contribution in [0.1, 0.15) is 80.0 Å². The maximum absolute atomic E-state index is 2.55. The number of hydrogen-bond donors (Lipinski definition) is 0. The summed E-state index contributed by atoms with van der Waals surface area (Å²) in [6.07, 6.45) is 15.0. The molecule has 0 saturated carbocycles. The van der Waals surface area contributed by atoms with E-state index in [1.54, 1.807) is 33.2 Å². The van der Waals surface area contributed by atoms with E-state index in [0.29, 0.717) is 5.92 Å². The van der Waals surface area contributed by atoms with E-state index in [2.05, 4.69) is 56.3 Å². The summed E-state index contributed by atoms with van der Waals surface area (Å²) in [4.78, 5) is 0. The lowest BCUT2D eigenvalue weighted by atomic mass is 9.70. The molecule has 0 nitrogen and oxygen atoms in total. The largest absolute Gasteiger partial charge is 0.0879 e. The van der Waals surface area contributed by atoms with Gasteiger partial charge in [-0.1, -0.05) is 56.3 Å². The van der Waals surface area contributed by atoms with E-state index in [9.17, 15) is 0 Å². The van der Waals surface area contributed by atoms with Crippen molar-refractivity contribution in [1.82, 2.24) is 0 Å². The fraction of sp³-hybridized carbons (Fsp3) is 0.440. The van der Waals surface area contributed by atoms with Crippen molar-refractivity contribution >= 4 is 16.3 Å². The highest BCUT2D eigenvalue weighted by Crippen LogP contribution is 2.49. The van der Waals surface area contributed by atoms with Gasteiger partial charge in [0.25, 0.3) is 0 Å². The van der Waals surface area contributed by atoms with Gasteiger partial charge in [0.1, 0.15) is 0 Å². The highest BCUT2D eigenvalue weighted by Gasteiger charge is 2.30. The van der Waals surface area contributed by atoms with Crippen molar-refractivity contribution in [3.63, 3.8) is 0 Å². The van der Waals surface area contributed by atoms with Gasteiger partial charge in [0.05, 0.1) is 0 Å². The van der Waals surface area contributed by atoms with Gasteiger partial charge in [-0.2, -0.15) is 0 Å². The third-order valence-corrected chi connectivity index (χ3v) is 6.82. The van der Waals surface area contributed by atoms with Crippen molar-refractivity contribution in [3.8, 4) is 0 Å². The maximum Gasteiger partial charge on any atom is 0.00211 e. The molecule has 3 aliphatic carbocycles. The summed E-state index contributed by atoms with van der Waals surface area (Å²) in [6, 6.07) is 9.64. The fourth-order valence-electron chi connectivity index (χ4n) is 5.53. The summed E-state index contributed by atoms with van der Waals surface area (Å²) in [6.45, 7) is 4.78. The summed E-state index contributed by atoms with van der Waals surface area (Å²) in [5, 5.41) is 3.05. The number of rotatable bonds is 2. The predicted octanol–water partition coefficient (Wildman–Crippen LogP) is 7.14. The Bertz CT molecular complexity index is 894. The van der Waals surface area contributed by atoms with Crippen LogP contribution in [0, 0.1) is 5.92 Å². The van der Waals surface area contributed by atoms with Crippen LogP contribution >= 0.6 is 0 Å². The standard InChI is InChI=1S/C25H28/c1-16(2)20-12-8-18-11-15-23-21(17-6-4-3-5-7-17)13-9-19-10-14-22(20)24(18)25(19)23/h4,6,9-11,13-14,16-17,20H,3,5,7-8,12,15H2,1-2H3. The minimum absolute atomic E-state index is 0.628. The maximum atomic E-state index is 2.55. The molecule has 128 valence electrons. The van der Waals surface area contributed by atoms with Crippen LogP contribution in [0.4, 0.5) is 0 Å². The molecular formula is C25H28. The Kier molecular flexibility index (Phi) is 3.62. The van der Waals surface area contributed by atoms with Crippen molar-refractivity contribution in [3.05, 3.63) is 64.7 Å². The normalized spacial score (nSPS) is 24.7. The van der Waals surface area contributed by atoms with Gasteiger partial charge >= 0.3 is 0 Å². The van der Waals surface area contributed by atoms with Crippen LogP contribution in [0.2, 0.25) is 0 Å². The van der Waals surface area contributed by atoms with Crippen molar-refractivity contribution in [2.24, 2.45) is 5.92 Å². The van der Waals surface area contributed by atoms with E-state index in [1.807, 2.05) is 0 Å². The molecule has 0 radical (unpaired) electrons. The molecule has 2 aromatic carbocycles. The van der Waals surface area contributed by atoms with Gasteiger partial charge in [0, 0.05) is 5.92 Å². The van der Waals surface area contributed by atoms with Gasteiger partial charge in [-0.25, -0.2) is 0 Å². The number of hydrogen-bond acceptors (Lipinski definition) is 0. The zero-order valence-corrected chi connectivity index (χ0v) is 15.5. The Labute approximate surface area is 151 Å². The van der Waals surface area contributed by atoms with Crippen LogP contribution in [-0.4, -0.2) is 0 Å². The lowest BCUT2D eigenvalue weighted by Gasteiger charge is -2.34. The molecule has 0 aromatic heterocycles. The van der Waals surface area contributed by atoms with Crippen LogP contribution < -0.4 is 0 Å². The molecule has 25 heavy (non-hydrogen) atoms. The molecule has 0 aliphatic heterocycles. The Morgan fingerprint density at radius 1 is 1.00 bits per heavy atom. The molecular weight excluding hydrogens is 300 g/mol. The average Bonchev–Trinajstić information content (AvgIpc) is 2.66. The van der Waals surface area contributed by atoms with Gasteiger partial charge < -0.3 is 0 Å². The second kappa shape index (κ2) is 5.87. The first kappa shape index (κ1) is 15.4. The summed E-state index contributed by atoms with van der Waals surface area (Å²) in [5.74, 6) is 2.08. The van der Waals surface area contributed by atoms with Gasteiger partial charge in [0.2, 0.25) is 0 Å². The highest BCUT2D eigenvalue weighted by molar-refractivity contribution is 6.01. The molecule has 0 fully saturated rings. The summed E-state index contributed by atoms with van der Waals surface area (Å²) >= 11 is 0. The molecule has 2 atom stereocenters. The first-order valence-electron chi connectivity index (χ1n) is 10.2. The van der Waals surface area contributed by atoms with Gasteiger partial charge in [-0.3, -0.25) is 0 Å².